The number of halogens is 1. The number of rotatable bonds is 9. The number of aliphatic carboxylic acids is 1. The van der Waals surface area contributed by atoms with E-state index in [2.05, 4.69) is 27.9 Å². The van der Waals surface area contributed by atoms with E-state index in [1.54, 1.807) is 0 Å². The Morgan fingerprint density at radius 1 is 1.10 bits per heavy atom. The van der Waals surface area contributed by atoms with Gasteiger partial charge in [-0.1, -0.05) is 48.3 Å². The molecule has 1 fully saturated rings. The molecule has 4 nitrogen and oxygen atoms in total. The van der Waals surface area contributed by atoms with Gasteiger partial charge >= 0.3 is 5.97 Å². The highest BCUT2D eigenvalue weighted by Gasteiger charge is 2.25. The van der Waals surface area contributed by atoms with E-state index in [1.807, 2.05) is 0 Å². The van der Waals surface area contributed by atoms with E-state index in [4.69, 9.17) is 5.11 Å². The second-order valence-electron chi connectivity index (χ2n) is 5.66. The summed E-state index contributed by atoms with van der Waals surface area (Å²) in [6.07, 6.45) is 9.63. The minimum atomic E-state index is -0.710. The molecule has 1 aliphatic carbocycles. The highest BCUT2D eigenvalue weighted by Crippen LogP contribution is 2.29. The number of hydrogen-bond acceptors (Lipinski definition) is 2. The summed E-state index contributed by atoms with van der Waals surface area (Å²) in [5.41, 5.74) is 0. The first-order chi connectivity index (χ1) is 9.59. The normalized spacial score (nSPS) is 22.4. The minimum absolute atomic E-state index is 0.223. The summed E-state index contributed by atoms with van der Waals surface area (Å²) in [5.74, 6) is -0.253. The molecule has 0 aromatic carbocycles. The van der Waals surface area contributed by atoms with Crippen LogP contribution in [-0.2, 0) is 9.59 Å². The van der Waals surface area contributed by atoms with Gasteiger partial charge in [-0.25, -0.2) is 0 Å². The third-order valence-electron chi connectivity index (χ3n) is 3.85. The Morgan fingerprint density at radius 2 is 1.80 bits per heavy atom. The fourth-order valence-electron chi connectivity index (χ4n) is 2.66. The van der Waals surface area contributed by atoms with E-state index in [9.17, 15) is 9.59 Å². The molecule has 0 saturated heterocycles. The average Bonchev–Trinajstić information content (AvgIpc) is 2.41. The maximum absolute atomic E-state index is 12.0. The standard InChI is InChI=1S/C15H26INO3/c16-13-8-6-7-12(11-13)15(20)17-10-5-3-1-2-4-9-14(18)19/h12-13H,1-11H2,(H,17,20)(H,18,19). The molecule has 116 valence electrons. The average molecular weight is 395 g/mol. The number of alkyl halides is 1. The number of amides is 1. The van der Waals surface area contributed by atoms with Crippen LogP contribution in [0.3, 0.4) is 0 Å². The summed E-state index contributed by atoms with van der Waals surface area (Å²) >= 11 is 2.45. The third kappa shape index (κ3) is 8.07. The van der Waals surface area contributed by atoms with E-state index in [1.165, 1.54) is 12.8 Å². The predicted molar refractivity (Wildman–Crippen MR) is 88.1 cm³/mol. The second kappa shape index (κ2) is 10.4. The fraction of sp³-hybridized carbons (Fsp3) is 0.867. The van der Waals surface area contributed by atoms with Crippen molar-refractivity contribution in [3.8, 4) is 0 Å². The van der Waals surface area contributed by atoms with Crippen molar-refractivity contribution in [3.63, 3.8) is 0 Å². The second-order valence-corrected chi connectivity index (χ2v) is 7.42. The van der Waals surface area contributed by atoms with Gasteiger partial charge in [-0.3, -0.25) is 9.59 Å². The predicted octanol–water partition coefficient (Wildman–Crippen LogP) is 3.52. The van der Waals surface area contributed by atoms with Crippen molar-refractivity contribution in [1.82, 2.24) is 5.32 Å². The molecular weight excluding hydrogens is 369 g/mol. The molecule has 2 unspecified atom stereocenters. The van der Waals surface area contributed by atoms with Gasteiger partial charge in [0.15, 0.2) is 0 Å². The van der Waals surface area contributed by atoms with Crippen molar-refractivity contribution in [1.29, 1.82) is 0 Å². The molecule has 1 aliphatic rings. The molecule has 2 N–H and O–H groups in total. The van der Waals surface area contributed by atoms with Crippen molar-refractivity contribution in [2.45, 2.75) is 68.1 Å². The van der Waals surface area contributed by atoms with Crippen LogP contribution in [0.4, 0.5) is 0 Å². The van der Waals surface area contributed by atoms with Crippen LogP contribution in [0.15, 0.2) is 0 Å². The number of carboxylic acid groups (broad SMARTS) is 1. The van der Waals surface area contributed by atoms with Crippen molar-refractivity contribution in [2.75, 3.05) is 6.54 Å². The number of carbonyl (C=O) groups excluding carboxylic acids is 1. The van der Waals surface area contributed by atoms with Crippen molar-refractivity contribution in [2.24, 2.45) is 5.92 Å². The van der Waals surface area contributed by atoms with Gasteiger partial charge in [-0.05, 0) is 32.1 Å². The van der Waals surface area contributed by atoms with Crippen LogP contribution in [0, 0.1) is 5.92 Å². The van der Waals surface area contributed by atoms with Crippen LogP contribution < -0.4 is 5.32 Å². The largest absolute Gasteiger partial charge is 0.481 e. The smallest absolute Gasteiger partial charge is 0.303 e. The van der Waals surface area contributed by atoms with Crippen LogP contribution in [0.25, 0.3) is 0 Å². The van der Waals surface area contributed by atoms with E-state index in [0.29, 0.717) is 3.92 Å². The molecule has 2 atom stereocenters. The summed E-state index contributed by atoms with van der Waals surface area (Å²) in [6, 6.07) is 0. The maximum Gasteiger partial charge on any atom is 0.303 e. The highest BCUT2D eigenvalue weighted by atomic mass is 127. The first kappa shape index (κ1) is 17.7. The number of carbonyl (C=O) groups is 2. The SMILES string of the molecule is O=C(O)CCCCCCCNC(=O)C1CCCC(I)C1. The zero-order valence-corrected chi connectivity index (χ0v) is 14.2. The Balaban J connectivity index is 1.95. The molecule has 5 heteroatoms. The van der Waals surface area contributed by atoms with Crippen molar-refractivity contribution >= 4 is 34.5 Å². The molecule has 0 aromatic rings. The van der Waals surface area contributed by atoms with Gasteiger partial charge < -0.3 is 10.4 Å². The van der Waals surface area contributed by atoms with Gasteiger partial charge in [0, 0.05) is 22.8 Å². The lowest BCUT2D eigenvalue weighted by Crippen LogP contribution is -2.34. The monoisotopic (exact) mass is 395 g/mol. The summed E-state index contributed by atoms with van der Waals surface area (Å²) in [6.45, 7) is 0.764. The molecule has 0 radical (unpaired) electrons. The molecule has 1 rings (SSSR count). The Labute approximate surface area is 135 Å². The molecule has 0 bridgehead atoms. The van der Waals surface area contributed by atoms with E-state index in [0.717, 1.165) is 51.5 Å². The van der Waals surface area contributed by atoms with Crippen LogP contribution in [0.5, 0.6) is 0 Å². The first-order valence-corrected chi connectivity index (χ1v) is 8.97. The van der Waals surface area contributed by atoms with Gasteiger partial charge in [-0.2, -0.15) is 0 Å². The van der Waals surface area contributed by atoms with Crippen molar-refractivity contribution < 1.29 is 14.7 Å². The number of unbranched alkanes of at least 4 members (excludes halogenated alkanes) is 4. The van der Waals surface area contributed by atoms with Gasteiger partial charge in [0.1, 0.15) is 0 Å². The third-order valence-corrected chi connectivity index (χ3v) is 4.98. The Hall–Kier alpha value is -0.330. The van der Waals surface area contributed by atoms with Crippen LogP contribution in [0.1, 0.15) is 64.2 Å². The van der Waals surface area contributed by atoms with Crippen LogP contribution in [0.2, 0.25) is 0 Å². The lowest BCUT2D eigenvalue weighted by Gasteiger charge is -2.24. The molecule has 20 heavy (non-hydrogen) atoms. The summed E-state index contributed by atoms with van der Waals surface area (Å²) in [7, 11) is 0. The Bertz CT molecular complexity index is 309. The molecule has 1 saturated carbocycles. The highest BCUT2D eigenvalue weighted by molar-refractivity contribution is 14.1. The molecule has 0 spiro atoms. The number of nitrogens with one attached hydrogen (secondary N) is 1. The van der Waals surface area contributed by atoms with Crippen molar-refractivity contribution in [3.05, 3.63) is 0 Å². The topological polar surface area (TPSA) is 66.4 Å². The zero-order chi connectivity index (χ0) is 14.8. The Kier molecular flexibility index (Phi) is 9.22. The van der Waals surface area contributed by atoms with Gasteiger partial charge in [0.2, 0.25) is 5.91 Å². The lowest BCUT2D eigenvalue weighted by molar-refractivity contribution is -0.137. The fourth-order valence-corrected chi connectivity index (χ4v) is 3.71. The molecule has 0 aromatic heterocycles. The minimum Gasteiger partial charge on any atom is -0.481 e. The van der Waals surface area contributed by atoms with Crippen LogP contribution in [-0.4, -0.2) is 27.5 Å². The van der Waals surface area contributed by atoms with E-state index >= 15 is 0 Å². The zero-order valence-electron chi connectivity index (χ0n) is 12.1. The number of hydrogen-bond donors (Lipinski definition) is 2. The lowest BCUT2D eigenvalue weighted by atomic mass is 9.88. The molecule has 0 heterocycles. The van der Waals surface area contributed by atoms with Gasteiger partial charge in [-0.15, -0.1) is 0 Å². The Morgan fingerprint density at radius 3 is 2.50 bits per heavy atom. The van der Waals surface area contributed by atoms with Crippen LogP contribution >= 0.6 is 22.6 Å². The molecule has 1 amide bonds. The summed E-state index contributed by atoms with van der Waals surface area (Å²) < 4.78 is 0.659. The van der Waals surface area contributed by atoms with Gasteiger partial charge in [0.25, 0.3) is 0 Å². The summed E-state index contributed by atoms with van der Waals surface area (Å²) in [5, 5.41) is 11.6. The molecular formula is C15H26INO3. The first-order valence-electron chi connectivity index (χ1n) is 7.73. The summed E-state index contributed by atoms with van der Waals surface area (Å²) in [4.78, 5) is 22.3. The maximum atomic E-state index is 12.0. The number of carboxylic acids is 1. The van der Waals surface area contributed by atoms with Gasteiger partial charge in [0.05, 0.1) is 0 Å². The molecule has 0 aliphatic heterocycles. The quantitative estimate of drug-likeness (QED) is 0.357. The van der Waals surface area contributed by atoms with E-state index < -0.39 is 5.97 Å². The van der Waals surface area contributed by atoms with E-state index in [-0.39, 0.29) is 18.2 Å².